The molecule has 3 aliphatic rings. The van der Waals surface area contributed by atoms with Crippen molar-refractivity contribution in [2.45, 2.75) is 115 Å². The number of rotatable bonds is 19. The number of hydrogen-bond acceptors (Lipinski definition) is 9. The zero-order valence-corrected chi connectivity index (χ0v) is 30.6. The Kier molecular flexibility index (Phi) is 13.0. The number of aromatic nitrogens is 3. The van der Waals surface area contributed by atoms with Gasteiger partial charge in [0, 0.05) is 31.1 Å². The molecule has 0 unspecified atom stereocenters. The molecule has 1 aliphatic heterocycles. The van der Waals surface area contributed by atoms with Gasteiger partial charge in [-0.2, -0.15) is 0 Å². The second-order valence-electron chi connectivity index (χ2n) is 14.8. The Bertz CT molecular complexity index is 1490. The first-order valence-corrected chi connectivity index (χ1v) is 18.6. The Morgan fingerprint density at radius 2 is 1.82 bits per heavy atom. The topological polar surface area (TPSA) is 120 Å². The fourth-order valence-corrected chi connectivity index (χ4v) is 8.08. The smallest absolute Gasteiger partial charge is 0.241 e. The van der Waals surface area contributed by atoms with Crippen LogP contribution in [0.5, 0.6) is 11.5 Å². The third-order valence-corrected chi connectivity index (χ3v) is 10.2. The lowest BCUT2D eigenvalue weighted by molar-refractivity contribution is -0.252. The van der Waals surface area contributed by atoms with E-state index in [0.29, 0.717) is 13.0 Å². The van der Waals surface area contributed by atoms with Gasteiger partial charge in [0.2, 0.25) is 5.79 Å². The molecule has 2 aromatic rings. The van der Waals surface area contributed by atoms with Gasteiger partial charge in [0.15, 0.2) is 0 Å². The van der Waals surface area contributed by atoms with Crippen molar-refractivity contribution in [1.29, 1.82) is 0 Å². The van der Waals surface area contributed by atoms with E-state index in [-0.39, 0.29) is 43.5 Å². The lowest BCUT2D eigenvalue weighted by Gasteiger charge is -2.58. The van der Waals surface area contributed by atoms with Crippen molar-refractivity contribution in [3.63, 3.8) is 0 Å². The summed E-state index contributed by atoms with van der Waals surface area (Å²) in [7, 11) is 0. The SMILES string of the molecule is C=CCOc1ccc2c(c1)[C@H]1[C@H](CCCCO)[C@@H](CCCCO)C=C3C(=NOC(C)(C)C)C[C@H](n4nncc4CCCC)[C@@](OCC=C)(O2)[C@H]31. The van der Waals surface area contributed by atoms with Crippen molar-refractivity contribution in [2.75, 3.05) is 26.4 Å². The molecule has 5 rings (SSSR count). The molecule has 1 aromatic heterocycles. The highest BCUT2D eigenvalue weighted by Crippen LogP contribution is 2.63. The number of nitrogens with zero attached hydrogens (tertiary/aromatic N) is 4. The maximum Gasteiger partial charge on any atom is 0.241 e. The fraction of sp³-hybridized carbons (Fsp3) is 0.625. The highest BCUT2D eigenvalue weighted by molar-refractivity contribution is 6.02. The summed E-state index contributed by atoms with van der Waals surface area (Å²) in [4.78, 5) is 6.20. The van der Waals surface area contributed by atoms with Crippen molar-refractivity contribution in [2.24, 2.45) is 22.9 Å². The highest BCUT2D eigenvalue weighted by Gasteiger charge is 2.65. The van der Waals surface area contributed by atoms with Crippen LogP contribution in [0.4, 0.5) is 0 Å². The molecule has 0 radical (unpaired) electrons. The van der Waals surface area contributed by atoms with Crippen LogP contribution in [0, 0.1) is 17.8 Å². The molecule has 10 nitrogen and oxygen atoms in total. The van der Waals surface area contributed by atoms with E-state index in [0.717, 1.165) is 91.8 Å². The number of hydrogen-bond donors (Lipinski definition) is 2. The van der Waals surface area contributed by atoms with Gasteiger partial charge in [-0.15, -0.1) is 11.7 Å². The Morgan fingerprint density at radius 1 is 1.06 bits per heavy atom. The molecule has 0 bridgehead atoms. The van der Waals surface area contributed by atoms with Crippen LogP contribution in [0.3, 0.4) is 0 Å². The third-order valence-electron chi connectivity index (χ3n) is 10.2. The number of aryl methyl sites for hydroxylation is 1. The van der Waals surface area contributed by atoms with Gasteiger partial charge in [0.25, 0.3) is 0 Å². The first kappa shape index (κ1) is 37.8. The van der Waals surface area contributed by atoms with Crippen LogP contribution < -0.4 is 9.47 Å². The van der Waals surface area contributed by atoms with E-state index in [2.05, 4.69) is 37.3 Å². The summed E-state index contributed by atoms with van der Waals surface area (Å²) in [5.41, 5.74) is 3.54. The van der Waals surface area contributed by atoms with E-state index in [1.807, 2.05) is 43.8 Å². The van der Waals surface area contributed by atoms with Crippen molar-refractivity contribution >= 4 is 5.71 Å². The molecule has 50 heavy (non-hydrogen) atoms. The van der Waals surface area contributed by atoms with E-state index in [1.54, 1.807) is 12.2 Å². The van der Waals surface area contributed by atoms with Gasteiger partial charge in [-0.25, -0.2) is 4.68 Å². The summed E-state index contributed by atoms with van der Waals surface area (Å²) in [6.07, 6.45) is 16.2. The minimum Gasteiger partial charge on any atom is -0.490 e. The molecule has 6 atom stereocenters. The van der Waals surface area contributed by atoms with Gasteiger partial charge in [0.1, 0.15) is 29.7 Å². The number of fused-ring (bicyclic) bond motifs is 2. The van der Waals surface area contributed by atoms with Crippen LogP contribution >= 0.6 is 0 Å². The lowest BCUT2D eigenvalue weighted by atomic mass is 9.55. The summed E-state index contributed by atoms with van der Waals surface area (Å²) in [5.74, 6) is 0.416. The molecule has 1 fully saturated rings. The molecular weight excluding hydrogens is 632 g/mol. The van der Waals surface area contributed by atoms with Gasteiger partial charge in [-0.05, 0) is 94.9 Å². The normalized spacial score (nSPS) is 26.4. The maximum absolute atomic E-state index is 9.84. The number of benzene rings is 1. The van der Waals surface area contributed by atoms with Crippen LogP contribution in [0.2, 0.25) is 0 Å². The summed E-state index contributed by atoms with van der Waals surface area (Å²) in [6.45, 7) is 17.1. The number of unbranched alkanes of at least 4 members (excludes halogenated alkanes) is 3. The Hall–Kier alpha value is -3.47. The summed E-state index contributed by atoms with van der Waals surface area (Å²) in [5, 5.41) is 33.6. The standard InChI is InChI=1S/C40H58N4O6/c1-7-10-16-29-27-41-43-44(29)36-26-34(42-50-39(4,5)6)32-24-28(15-11-13-20-45)31(17-12-14-21-46)37-33-25-30(47-22-8-2)18-19-35(33)49-40(36,38(32)37)48-23-9-3/h8-9,18-19,24-25,27-28,31,36-38,45-46H,2-3,7,10-17,20-23,26H2,1,4-6H3/t28-,31+,36-,37+,38+,40+/m0/s1. The number of aliphatic hydroxyl groups is 2. The summed E-state index contributed by atoms with van der Waals surface area (Å²) in [6, 6.07) is 5.68. The van der Waals surface area contributed by atoms with Gasteiger partial charge in [-0.3, -0.25) is 0 Å². The Labute approximate surface area is 298 Å². The largest absolute Gasteiger partial charge is 0.490 e. The molecule has 274 valence electrons. The average molecular weight is 691 g/mol. The molecule has 2 N–H and O–H groups in total. The number of aliphatic hydroxyl groups excluding tert-OH is 2. The van der Waals surface area contributed by atoms with Gasteiger partial charge >= 0.3 is 0 Å². The minimum atomic E-state index is -1.16. The molecule has 0 spiro atoms. The highest BCUT2D eigenvalue weighted by atomic mass is 16.7. The quantitative estimate of drug-likeness (QED) is 0.0884. The monoisotopic (exact) mass is 690 g/mol. The van der Waals surface area contributed by atoms with Crippen LogP contribution in [0.25, 0.3) is 0 Å². The Balaban J connectivity index is 1.79. The third kappa shape index (κ3) is 8.19. The second-order valence-corrected chi connectivity index (χ2v) is 14.8. The van der Waals surface area contributed by atoms with Crippen molar-refractivity contribution in [3.05, 3.63) is 72.6 Å². The minimum absolute atomic E-state index is 0.0427. The fourth-order valence-electron chi connectivity index (χ4n) is 8.08. The number of oxime groups is 1. The predicted molar refractivity (Wildman–Crippen MR) is 195 cm³/mol. The van der Waals surface area contributed by atoms with Crippen LogP contribution in [-0.2, 0) is 16.0 Å². The van der Waals surface area contributed by atoms with Crippen molar-refractivity contribution in [3.8, 4) is 11.5 Å². The first-order chi connectivity index (χ1) is 24.2. The van der Waals surface area contributed by atoms with Gasteiger partial charge < -0.3 is 29.3 Å². The average Bonchev–Trinajstić information content (AvgIpc) is 3.57. The molecule has 2 heterocycles. The molecule has 0 saturated heterocycles. The van der Waals surface area contributed by atoms with E-state index < -0.39 is 17.4 Å². The van der Waals surface area contributed by atoms with Gasteiger partial charge in [-0.1, -0.05) is 61.4 Å². The van der Waals surface area contributed by atoms with E-state index in [9.17, 15) is 10.2 Å². The van der Waals surface area contributed by atoms with E-state index in [1.165, 1.54) is 0 Å². The van der Waals surface area contributed by atoms with Crippen LogP contribution in [0.15, 0.2) is 66.5 Å². The summed E-state index contributed by atoms with van der Waals surface area (Å²) < 4.78 is 22.4. The molecule has 10 heteroatoms. The number of allylic oxidation sites excluding steroid dienone is 1. The maximum atomic E-state index is 9.84. The second kappa shape index (κ2) is 17.2. The van der Waals surface area contributed by atoms with Crippen LogP contribution in [-0.4, -0.2) is 68.7 Å². The van der Waals surface area contributed by atoms with Crippen LogP contribution in [0.1, 0.15) is 109 Å². The zero-order valence-electron chi connectivity index (χ0n) is 30.6. The lowest BCUT2D eigenvalue weighted by Crippen LogP contribution is -2.63. The van der Waals surface area contributed by atoms with E-state index >= 15 is 0 Å². The van der Waals surface area contributed by atoms with Crippen molar-refractivity contribution in [1.82, 2.24) is 15.0 Å². The molecule has 2 aliphatic carbocycles. The van der Waals surface area contributed by atoms with Gasteiger partial charge in [0.05, 0.1) is 30.1 Å². The molecule has 1 saturated carbocycles. The summed E-state index contributed by atoms with van der Waals surface area (Å²) >= 11 is 0. The molecule has 0 amide bonds. The first-order valence-electron chi connectivity index (χ1n) is 18.6. The van der Waals surface area contributed by atoms with Crippen molar-refractivity contribution < 1.29 is 29.3 Å². The number of ether oxygens (including phenoxy) is 3. The van der Waals surface area contributed by atoms with E-state index in [4.69, 9.17) is 29.4 Å². The predicted octanol–water partition coefficient (Wildman–Crippen LogP) is 7.49. The zero-order chi connectivity index (χ0) is 35.7. The molecular formula is C40H58N4O6. The Morgan fingerprint density at radius 3 is 2.52 bits per heavy atom. The molecule has 1 aromatic carbocycles.